The molecule has 0 aromatic heterocycles. The molecule has 9 nitrogen and oxygen atoms in total. The van der Waals surface area contributed by atoms with Crippen molar-refractivity contribution in [1.29, 1.82) is 0 Å². The quantitative estimate of drug-likeness (QED) is 0.611. The highest BCUT2D eigenvalue weighted by Crippen LogP contribution is 2.29. The zero-order chi connectivity index (χ0) is 23.2. The Bertz CT molecular complexity index is 865. The van der Waals surface area contributed by atoms with Gasteiger partial charge in [0.25, 0.3) is 0 Å². The zero-order valence-corrected chi connectivity index (χ0v) is 19.2. The smallest absolute Gasteiger partial charge is 0.410 e. The summed E-state index contributed by atoms with van der Waals surface area (Å²) in [5.74, 6) is -0.418. The van der Waals surface area contributed by atoms with E-state index in [1.165, 1.54) is 42.0 Å². The van der Waals surface area contributed by atoms with E-state index >= 15 is 0 Å². The number of benzene rings is 1. The lowest BCUT2D eigenvalue weighted by Gasteiger charge is -2.26. The number of carbonyl (C=O) groups excluding carboxylic acids is 3. The standard InChI is InChI=1S/C21H29N3O6S/c1-6-24(20(28)30-21(2,3)4)10-9-22-17(26)15-12-31-18(23-15)14-11-13(19(27)29-5)7-8-16(14)25/h7-8,11,15,25H,6,9-10,12H2,1-5H3,(H,22,26). The molecule has 0 saturated heterocycles. The van der Waals surface area contributed by atoms with E-state index < -0.39 is 23.7 Å². The van der Waals surface area contributed by atoms with Gasteiger partial charge >= 0.3 is 12.1 Å². The predicted molar refractivity (Wildman–Crippen MR) is 119 cm³/mol. The number of nitrogens with one attached hydrogen (secondary N) is 1. The van der Waals surface area contributed by atoms with Crippen LogP contribution < -0.4 is 5.32 Å². The van der Waals surface area contributed by atoms with Crippen LogP contribution in [-0.4, -0.2) is 77.2 Å². The first kappa shape index (κ1) is 24.5. The Labute approximate surface area is 186 Å². The number of thioether (sulfide) groups is 1. The minimum atomic E-state index is -0.627. The van der Waals surface area contributed by atoms with Gasteiger partial charge in [-0.2, -0.15) is 0 Å². The molecular weight excluding hydrogens is 422 g/mol. The fraction of sp³-hybridized carbons (Fsp3) is 0.524. The third-order valence-electron chi connectivity index (χ3n) is 4.32. The molecular formula is C21H29N3O6S. The average molecular weight is 452 g/mol. The van der Waals surface area contributed by atoms with Gasteiger partial charge < -0.3 is 24.8 Å². The molecule has 2 rings (SSSR count). The van der Waals surface area contributed by atoms with Crippen LogP contribution in [0.25, 0.3) is 0 Å². The first-order chi connectivity index (χ1) is 14.6. The minimum Gasteiger partial charge on any atom is -0.507 e. The Morgan fingerprint density at radius 3 is 2.65 bits per heavy atom. The number of phenolic OH excluding ortho intramolecular Hbond substituents is 1. The first-order valence-corrected chi connectivity index (χ1v) is 10.9. The van der Waals surface area contributed by atoms with Crippen molar-refractivity contribution in [3.05, 3.63) is 29.3 Å². The molecule has 31 heavy (non-hydrogen) atoms. The highest BCUT2D eigenvalue weighted by Gasteiger charge is 2.28. The van der Waals surface area contributed by atoms with E-state index in [4.69, 9.17) is 9.47 Å². The van der Waals surface area contributed by atoms with Gasteiger partial charge in [0, 0.05) is 31.0 Å². The van der Waals surface area contributed by atoms with Crippen LogP contribution in [0, 0.1) is 0 Å². The maximum absolute atomic E-state index is 12.5. The van der Waals surface area contributed by atoms with Gasteiger partial charge in [-0.25, -0.2) is 9.59 Å². The highest BCUT2D eigenvalue weighted by atomic mass is 32.2. The SMILES string of the molecule is CCN(CCNC(=O)C1CSC(c2cc(C(=O)OC)ccc2O)=N1)C(=O)OC(C)(C)C. The number of ether oxygens (including phenoxy) is 2. The molecule has 170 valence electrons. The van der Waals surface area contributed by atoms with Crippen LogP contribution in [0.1, 0.15) is 43.6 Å². The van der Waals surface area contributed by atoms with Crippen molar-refractivity contribution in [3.63, 3.8) is 0 Å². The van der Waals surface area contributed by atoms with E-state index in [1.54, 1.807) is 20.8 Å². The zero-order valence-electron chi connectivity index (χ0n) is 18.4. The van der Waals surface area contributed by atoms with Gasteiger partial charge in [-0.1, -0.05) is 0 Å². The van der Waals surface area contributed by atoms with E-state index in [0.29, 0.717) is 29.4 Å². The molecule has 0 fully saturated rings. The number of nitrogens with zero attached hydrogens (tertiary/aromatic N) is 2. The summed E-state index contributed by atoms with van der Waals surface area (Å²) in [7, 11) is 1.28. The highest BCUT2D eigenvalue weighted by molar-refractivity contribution is 8.14. The molecule has 0 spiro atoms. The molecule has 2 amide bonds. The molecule has 1 aromatic carbocycles. The molecule has 0 saturated carbocycles. The van der Waals surface area contributed by atoms with Crippen LogP contribution in [0.2, 0.25) is 0 Å². The number of carbonyl (C=O) groups is 3. The van der Waals surface area contributed by atoms with Gasteiger partial charge in [0.15, 0.2) is 0 Å². The topological polar surface area (TPSA) is 118 Å². The van der Waals surface area contributed by atoms with Crippen LogP contribution in [0.3, 0.4) is 0 Å². The summed E-state index contributed by atoms with van der Waals surface area (Å²) >= 11 is 1.32. The summed E-state index contributed by atoms with van der Waals surface area (Å²) in [6, 6.07) is 3.72. The Balaban J connectivity index is 1.96. The van der Waals surface area contributed by atoms with Crippen molar-refractivity contribution in [1.82, 2.24) is 10.2 Å². The van der Waals surface area contributed by atoms with Gasteiger partial charge in [0.05, 0.1) is 12.7 Å². The predicted octanol–water partition coefficient (Wildman–Crippen LogP) is 2.41. The minimum absolute atomic E-state index is 0.0316. The lowest BCUT2D eigenvalue weighted by Crippen LogP contribution is -2.43. The van der Waals surface area contributed by atoms with Gasteiger partial charge in [-0.3, -0.25) is 9.79 Å². The number of esters is 1. The number of aliphatic imine (C=N–C) groups is 1. The molecule has 0 aliphatic carbocycles. The molecule has 1 aromatic rings. The van der Waals surface area contributed by atoms with Crippen molar-refractivity contribution in [2.45, 2.75) is 39.3 Å². The summed E-state index contributed by atoms with van der Waals surface area (Å²) in [5, 5.41) is 13.4. The molecule has 10 heteroatoms. The van der Waals surface area contributed by atoms with Crippen molar-refractivity contribution >= 4 is 34.8 Å². The molecule has 1 aliphatic heterocycles. The summed E-state index contributed by atoms with van der Waals surface area (Å²) in [6.45, 7) is 8.27. The first-order valence-electron chi connectivity index (χ1n) is 9.93. The number of hydrogen-bond donors (Lipinski definition) is 2. The van der Waals surface area contributed by atoms with Gasteiger partial charge in [-0.15, -0.1) is 11.8 Å². The van der Waals surface area contributed by atoms with E-state index in [9.17, 15) is 19.5 Å². The normalized spacial score (nSPS) is 15.8. The summed E-state index contributed by atoms with van der Waals surface area (Å²) in [4.78, 5) is 42.3. The van der Waals surface area contributed by atoms with Crippen molar-refractivity contribution in [2.75, 3.05) is 32.5 Å². The Kier molecular flexibility index (Phi) is 8.32. The summed E-state index contributed by atoms with van der Waals surface area (Å²) in [5.41, 5.74) is 0.0787. The van der Waals surface area contributed by atoms with Crippen molar-refractivity contribution in [2.24, 2.45) is 4.99 Å². The number of hydrogen-bond acceptors (Lipinski definition) is 8. The van der Waals surface area contributed by atoms with E-state index in [-0.39, 0.29) is 23.8 Å². The summed E-state index contributed by atoms with van der Waals surface area (Å²) in [6.07, 6.45) is -0.429. The van der Waals surface area contributed by atoms with Gasteiger partial charge in [-0.05, 0) is 45.9 Å². The second kappa shape index (κ2) is 10.5. The number of aromatic hydroxyl groups is 1. The second-order valence-electron chi connectivity index (χ2n) is 7.84. The van der Waals surface area contributed by atoms with Crippen LogP contribution in [0.15, 0.2) is 23.2 Å². The molecule has 1 unspecified atom stereocenters. The van der Waals surface area contributed by atoms with Crippen molar-refractivity contribution < 1.29 is 29.0 Å². The van der Waals surface area contributed by atoms with E-state index in [0.717, 1.165) is 0 Å². The Hall–Kier alpha value is -2.75. The molecule has 1 heterocycles. The third kappa shape index (κ3) is 6.88. The average Bonchev–Trinajstić information content (AvgIpc) is 3.19. The largest absolute Gasteiger partial charge is 0.507 e. The Morgan fingerprint density at radius 2 is 2.03 bits per heavy atom. The summed E-state index contributed by atoms with van der Waals surface area (Å²) < 4.78 is 10.1. The molecule has 2 N–H and O–H groups in total. The monoisotopic (exact) mass is 451 g/mol. The van der Waals surface area contributed by atoms with Gasteiger partial charge in [0.2, 0.25) is 5.91 Å². The van der Waals surface area contributed by atoms with Crippen LogP contribution >= 0.6 is 11.8 Å². The Morgan fingerprint density at radius 1 is 1.32 bits per heavy atom. The van der Waals surface area contributed by atoms with Crippen LogP contribution in [-0.2, 0) is 14.3 Å². The van der Waals surface area contributed by atoms with E-state index in [1.807, 2.05) is 6.92 Å². The number of likely N-dealkylation sites (N-methyl/N-ethyl adjacent to an activating group) is 1. The maximum atomic E-state index is 12.5. The lowest BCUT2D eigenvalue weighted by molar-refractivity contribution is -0.121. The maximum Gasteiger partial charge on any atom is 0.410 e. The van der Waals surface area contributed by atoms with Gasteiger partial charge in [0.1, 0.15) is 22.4 Å². The molecule has 0 radical (unpaired) electrons. The lowest BCUT2D eigenvalue weighted by atomic mass is 10.1. The third-order valence-corrected chi connectivity index (χ3v) is 5.40. The number of amides is 2. The number of methoxy groups -OCH3 is 1. The molecule has 1 atom stereocenters. The van der Waals surface area contributed by atoms with Crippen LogP contribution in [0.4, 0.5) is 4.79 Å². The van der Waals surface area contributed by atoms with Crippen molar-refractivity contribution in [3.8, 4) is 5.75 Å². The number of rotatable bonds is 7. The fourth-order valence-electron chi connectivity index (χ4n) is 2.74. The second-order valence-corrected chi connectivity index (χ2v) is 8.84. The molecule has 0 bridgehead atoms. The number of phenols is 1. The molecule has 1 aliphatic rings. The van der Waals surface area contributed by atoms with Crippen LogP contribution in [0.5, 0.6) is 5.75 Å². The fourth-order valence-corrected chi connectivity index (χ4v) is 3.81. The van der Waals surface area contributed by atoms with E-state index in [2.05, 4.69) is 10.3 Å².